The Morgan fingerprint density at radius 3 is 2.84 bits per heavy atom. The fourth-order valence-corrected chi connectivity index (χ4v) is 4.43. The third-order valence-corrected chi connectivity index (χ3v) is 5.48. The summed E-state index contributed by atoms with van der Waals surface area (Å²) in [5.41, 5.74) is 0.920. The van der Waals surface area contributed by atoms with Crippen LogP contribution in [0.5, 0.6) is 0 Å². The maximum Gasteiger partial charge on any atom is 0.150 e. The summed E-state index contributed by atoms with van der Waals surface area (Å²) in [7, 11) is -2.82. The first kappa shape index (κ1) is 14.5. The number of benzene rings is 1. The van der Waals surface area contributed by atoms with E-state index in [2.05, 4.69) is 5.32 Å². The molecule has 106 valence electrons. The van der Waals surface area contributed by atoms with Crippen LogP contribution in [0.15, 0.2) is 24.3 Å². The van der Waals surface area contributed by atoms with Gasteiger partial charge in [-0.2, -0.15) is 0 Å². The molecule has 0 aromatic heterocycles. The zero-order valence-corrected chi connectivity index (χ0v) is 11.9. The SMILES string of the molecule is CCC(NCC1CCS(=O)(=O)C1)c1cccc(F)c1. The molecule has 1 aliphatic rings. The van der Waals surface area contributed by atoms with E-state index >= 15 is 0 Å². The first-order valence-corrected chi connectivity index (χ1v) is 8.51. The molecule has 1 N–H and O–H groups in total. The Labute approximate surface area is 114 Å². The number of rotatable bonds is 5. The highest BCUT2D eigenvalue weighted by Crippen LogP contribution is 2.21. The van der Waals surface area contributed by atoms with E-state index in [1.54, 1.807) is 6.07 Å². The second-order valence-corrected chi connectivity index (χ2v) is 7.42. The van der Waals surface area contributed by atoms with Gasteiger partial charge in [0.2, 0.25) is 0 Å². The van der Waals surface area contributed by atoms with Gasteiger partial charge in [-0.05, 0) is 43.0 Å². The molecule has 1 aromatic carbocycles. The van der Waals surface area contributed by atoms with Crippen LogP contribution in [-0.4, -0.2) is 26.5 Å². The van der Waals surface area contributed by atoms with Crippen molar-refractivity contribution in [3.05, 3.63) is 35.6 Å². The largest absolute Gasteiger partial charge is 0.310 e. The quantitative estimate of drug-likeness (QED) is 0.903. The van der Waals surface area contributed by atoms with Crippen LogP contribution in [0.3, 0.4) is 0 Å². The minimum Gasteiger partial charge on any atom is -0.310 e. The molecule has 1 fully saturated rings. The monoisotopic (exact) mass is 285 g/mol. The number of hydrogen-bond acceptors (Lipinski definition) is 3. The summed E-state index contributed by atoms with van der Waals surface area (Å²) in [6.45, 7) is 2.71. The van der Waals surface area contributed by atoms with Crippen LogP contribution in [0.4, 0.5) is 4.39 Å². The van der Waals surface area contributed by atoms with Crippen LogP contribution in [0, 0.1) is 11.7 Å². The molecule has 19 heavy (non-hydrogen) atoms. The molecule has 5 heteroatoms. The molecule has 1 aliphatic heterocycles. The fourth-order valence-electron chi connectivity index (χ4n) is 2.56. The molecule has 1 heterocycles. The molecule has 0 saturated carbocycles. The minimum atomic E-state index is -2.82. The van der Waals surface area contributed by atoms with Crippen molar-refractivity contribution in [2.75, 3.05) is 18.1 Å². The highest BCUT2D eigenvalue weighted by Gasteiger charge is 2.28. The van der Waals surface area contributed by atoms with E-state index in [0.717, 1.165) is 18.4 Å². The summed E-state index contributed by atoms with van der Waals surface area (Å²) in [6, 6.07) is 6.65. The van der Waals surface area contributed by atoms with E-state index in [-0.39, 0.29) is 23.5 Å². The van der Waals surface area contributed by atoms with Gasteiger partial charge >= 0.3 is 0 Å². The highest BCUT2D eigenvalue weighted by atomic mass is 32.2. The van der Waals surface area contributed by atoms with Gasteiger partial charge in [0.25, 0.3) is 0 Å². The first-order valence-electron chi connectivity index (χ1n) is 6.69. The predicted molar refractivity (Wildman–Crippen MR) is 74.2 cm³/mol. The molecule has 0 spiro atoms. The van der Waals surface area contributed by atoms with Gasteiger partial charge < -0.3 is 5.32 Å². The molecule has 1 saturated heterocycles. The second-order valence-electron chi connectivity index (χ2n) is 5.19. The third-order valence-electron chi connectivity index (χ3n) is 3.64. The van der Waals surface area contributed by atoms with Crippen LogP contribution in [0.25, 0.3) is 0 Å². The summed E-state index contributed by atoms with van der Waals surface area (Å²) in [6.07, 6.45) is 1.58. The van der Waals surface area contributed by atoms with Gasteiger partial charge in [-0.15, -0.1) is 0 Å². The molecular formula is C14H20FNO2S. The van der Waals surface area contributed by atoms with Gasteiger partial charge in [0.05, 0.1) is 11.5 Å². The molecular weight excluding hydrogens is 265 g/mol. The van der Waals surface area contributed by atoms with Crippen molar-refractivity contribution in [2.24, 2.45) is 5.92 Å². The van der Waals surface area contributed by atoms with Gasteiger partial charge in [-0.1, -0.05) is 19.1 Å². The number of hydrogen-bond donors (Lipinski definition) is 1. The van der Waals surface area contributed by atoms with Crippen molar-refractivity contribution >= 4 is 9.84 Å². The highest BCUT2D eigenvalue weighted by molar-refractivity contribution is 7.91. The Balaban J connectivity index is 1.93. The predicted octanol–water partition coefficient (Wildman–Crippen LogP) is 2.30. The molecule has 0 bridgehead atoms. The average molecular weight is 285 g/mol. The Morgan fingerprint density at radius 1 is 1.47 bits per heavy atom. The Bertz CT molecular complexity index is 530. The third kappa shape index (κ3) is 4.01. The molecule has 1 aromatic rings. The number of nitrogens with one attached hydrogen (secondary N) is 1. The average Bonchev–Trinajstić information content (AvgIpc) is 2.70. The van der Waals surface area contributed by atoms with E-state index < -0.39 is 9.84 Å². The lowest BCUT2D eigenvalue weighted by atomic mass is 10.0. The van der Waals surface area contributed by atoms with Gasteiger partial charge in [0.15, 0.2) is 9.84 Å². The molecule has 0 amide bonds. The van der Waals surface area contributed by atoms with Crippen molar-refractivity contribution in [3.63, 3.8) is 0 Å². The van der Waals surface area contributed by atoms with Crippen LogP contribution in [0.2, 0.25) is 0 Å². The van der Waals surface area contributed by atoms with Crippen molar-refractivity contribution in [1.29, 1.82) is 0 Å². The molecule has 0 radical (unpaired) electrons. The summed E-state index contributed by atoms with van der Waals surface area (Å²) in [5, 5.41) is 3.36. The molecule has 2 atom stereocenters. The van der Waals surface area contributed by atoms with Crippen molar-refractivity contribution < 1.29 is 12.8 Å². The smallest absolute Gasteiger partial charge is 0.150 e. The van der Waals surface area contributed by atoms with E-state index in [1.165, 1.54) is 12.1 Å². The summed E-state index contributed by atoms with van der Waals surface area (Å²) >= 11 is 0. The summed E-state index contributed by atoms with van der Waals surface area (Å²) in [5.74, 6) is 0.532. The van der Waals surface area contributed by atoms with E-state index in [4.69, 9.17) is 0 Å². The zero-order valence-electron chi connectivity index (χ0n) is 11.1. The fraction of sp³-hybridized carbons (Fsp3) is 0.571. The standard InChI is InChI=1S/C14H20FNO2S/c1-2-14(12-4-3-5-13(15)8-12)16-9-11-6-7-19(17,18)10-11/h3-5,8,11,14,16H,2,6-7,9-10H2,1H3. The minimum absolute atomic E-state index is 0.0824. The van der Waals surface area contributed by atoms with Crippen LogP contribution >= 0.6 is 0 Å². The molecule has 3 nitrogen and oxygen atoms in total. The van der Waals surface area contributed by atoms with Gasteiger partial charge in [0.1, 0.15) is 5.82 Å². The second kappa shape index (κ2) is 6.01. The maximum atomic E-state index is 13.2. The zero-order chi connectivity index (χ0) is 13.9. The topological polar surface area (TPSA) is 46.2 Å². The Hall–Kier alpha value is -0.940. The summed E-state index contributed by atoms with van der Waals surface area (Å²) in [4.78, 5) is 0. The van der Waals surface area contributed by atoms with E-state index in [0.29, 0.717) is 12.3 Å². The summed E-state index contributed by atoms with van der Waals surface area (Å²) < 4.78 is 36.0. The van der Waals surface area contributed by atoms with E-state index in [1.807, 2.05) is 13.0 Å². The molecule has 2 unspecified atom stereocenters. The lowest BCUT2D eigenvalue weighted by Gasteiger charge is -2.19. The Morgan fingerprint density at radius 2 is 2.26 bits per heavy atom. The van der Waals surface area contributed by atoms with Gasteiger partial charge in [-0.3, -0.25) is 0 Å². The molecule has 0 aliphatic carbocycles. The number of halogens is 1. The van der Waals surface area contributed by atoms with Crippen molar-refractivity contribution in [3.8, 4) is 0 Å². The number of sulfone groups is 1. The first-order chi connectivity index (χ1) is 9.00. The normalized spacial score (nSPS) is 23.4. The van der Waals surface area contributed by atoms with Crippen molar-refractivity contribution in [2.45, 2.75) is 25.8 Å². The Kier molecular flexibility index (Phi) is 4.58. The van der Waals surface area contributed by atoms with Gasteiger partial charge in [0, 0.05) is 6.04 Å². The molecule has 2 rings (SSSR count). The van der Waals surface area contributed by atoms with Gasteiger partial charge in [-0.25, -0.2) is 12.8 Å². The maximum absolute atomic E-state index is 13.2. The van der Waals surface area contributed by atoms with E-state index in [9.17, 15) is 12.8 Å². The van der Waals surface area contributed by atoms with Crippen LogP contribution in [0.1, 0.15) is 31.4 Å². The van der Waals surface area contributed by atoms with Crippen molar-refractivity contribution in [1.82, 2.24) is 5.32 Å². The lowest BCUT2D eigenvalue weighted by Crippen LogP contribution is -2.27. The lowest BCUT2D eigenvalue weighted by molar-refractivity contribution is 0.448. The van der Waals surface area contributed by atoms with Crippen LogP contribution < -0.4 is 5.32 Å². The van der Waals surface area contributed by atoms with Crippen LogP contribution in [-0.2, 0) is 9.84 Å².